The molecule has 4 nitrogen and oxygen atoms in total. The van der Waals surface area contributed by atoms with E-state index in [1.807, 2.05) is 31.4 Å². The molecule has 0 saturated carbocycles. The summed E-state index contributed by atoms with van der Waals surface area (Å²) in [4.78, 5) is 21.2. The molecule has 0 radical (unpaired) electrons. The summed E-state index contributed by atoms with van der Waals surface area (Å²) in [5.41, 5.74) is 0.122. The molecule has 0 fully saturated rings. The van der Waals surface area contributed by atoms with Crippen LogP contribution in [0.5, 0.6) is 0 Å². The highest BCUT2D eigenvalue weighted by Crippen LogP contribution is 2.18. The van der Waals surface area contributed by atoms with Crippen molar-refractivity contribution in [3.05, 3.63) is 45.1 Å². The monoisotopic (exact) mass is 296 g/mol. The highest BCUT2D eigenvalue weighted by atomic mass is 35.5. The number of carbonyl (C=O) groups is 1. The Bertz CT molecular complexity index is 570. The Morgan fingerprint density at radius 3 is 2.95 bits per heavy atom. The van der Waals surface area contributed by atoms with E-state index in [0.717, 1.165) is 4.88 Å². The molecule has 0 amide bonds. The molecule has 100 valence electrons. The highest BCUT2D eigenvalue weighted by Gasteiger charge is 2.17. The Morgan fingerprint density at radius 1 is 1.53 bits per heavy atom. The largest absolute Gasteiger partial charge is 0.455 e. The van der Waals surface area contributed by atoms with Gasteiger partial charge in [0, 0.05) is 10.8 Å². The number of hydrogen-bond acceptors (Lipinski definition) is 5. The van der Waals surface area contributed by atoms with Crippen LogP contribution in [0.25, 0.3) is 0 Å². The lowest BCUT2D eigenvalue weighted by atomic mass is 10.2. The van der Waals surface area contributed by atoms with Crippen molar-refractivity contribution in [3.63, 3.8) is 0 Å². The Kier molecular flexibility index (Phi) is 4.50. The number of aromatic nitrogens is 2. The average Bonchev–Trinajstić information content (AvgIpc) is 2.89. The first kappa shape index (κ1) is 14.0. The third-order valence-corrected chi connectivity index (χ3v) is 3.52. The summed E-state index contributed by atoms with van der Waals surface area (Å²) in [6, 6.07) is 3.81. The summed E-state index contributed by atoms with van der Waals surface area (Å²) < 4.78 is 5.18. The van der Waals surface area contributed by atoms with Gasteiger partial charge in [-0.15, -0.1) is 11.3 Å². The molecule has 0 unspecified atom stereocenters. The molecule has 0 spiro atoms. The highest BCUT2D eigenvalue weighted by molar-refractivity contribution is 7.09. The van der Waals surface area contributed by atoms with Crippen molar-refractivity contribution in [1.82, 2.24) is 9.97 Å². The first-order chi connectivity index (χ1) is 9.08. The van der Waals surface area contributed by atoms with Gasteiger partial charge in [0.15, 0.2) is 5.69 Å². The molecule has 2 rings (SSSR count). The maximum atomic E-state index is 11.9. The average molecular weight is 297 g/mol. The van der Waals surface area contributed by atoms with Gasteiger partial charge in [0.05, 0.1) is 11.2 Å². The second-order valence-corrected chi connectivity index (χ2v) is 5.67. The van der Waals surface area contributed by atoms with Crippen LogP contribution in [0, 0.1) is 0 Å². The molecule has 0 aromatic carbocycles. The van der Waals surface area contributed by atoms with Crippen LogP contribution in [0.3, 0.4) is 0 Å². The number of ether oxygens (including phenoxy) is 1. The first-order valence-electron chi connectivity index (χ1n) is 5.80. The molecule has 2 aromatic heterocycles. The van der Waals surface area contributed by atoms with Crippen LogP contribution in [0.2, 0.25) is 5.02 Å². The Balaban J connectivity index is 2.11. The quantitative estimate of drug-likeness (QED) is 0.808. The number of nitrogens with zero attached hydrogens (tertiary/aromatic N) is 2. The maximum Gasteiger partial charge on any atom is 0.358 e. The SMILES string of the molecule is CC(C)c1ncc(Cl)c(C(=O)OCc2cccs2)n1. The van der Waals surface area contributed by atoms with Crippen molar-refractivity contribution in [2.45, 2.75) is 26.4 Å². The molecule has 0 saturated heterocycles. The van der Waals surface area contributed by atoms with E-state index in [1.165, 1.54) is 17.5 Å². The lowest BCUT2D eigenvalue weighted by Crippen LogP contribution is -2.11. The summed E-state index contributed by atoms with van der Waals surface area (Å²) in [5, 5.41) is 2.14. The standard InChI is InChI=1S/C13H13ClN2O2S/c1-8(2)12-15-6-10(14)11(16-12)13(17)18-7-9-4-3-5-19-9/h3-6,8H,7H2,1-2H3. The molecule has 0 aliphatic heterocycles. The zero-order chi connectivity index (χ0) is 13.8. The summed E-state index contributed by atoms with van der Waals surface area (Å²) in [5.74, 6) is 0.177. The van der Waals surface area contributed by atoms with E-state index in [2.05, 4.69) is 9.97 Å². The zero-order valence-corrected chi connectivity index (χ0v) is 12.2. The third-order valence-electron chi connectivity index (χ3n) is 2.40. The zero-order valence-electron chi connectivity index (χ0n) is 10.6. The van der Waals surface area contributed by atoms with Crippen LogP contribution < -0.4 is 0 Å². The number of thiophene rings is 1. The van der Waals surface area contributed by atoms with Gasteiger partial charge >= 0.3 is 5.97 Å². The smallest absolute Gasteiger partial charge is 0.358 e. The Labute approximate surface area is 120 Å². The predicted molar refractivity (Wildman–Crippen MR) is 74.6 cm³/mol. The fraction of sp³-hybridized carbons (Fsp3) is 0.308. The van der Waals surface area contributed by atoms with Crippen molar-refractivity contribution in [2.75, 3.05) is 0 Å². The first-order valence-corrected chi connectivity index (χ1v) is 7.05. The molecule has 2 aromatic rings. The van der Waals surface area contributed by atoms with Crippen LogP contribution in [-0.4, -0.2) is 15.9 Å². The lowest BCUT2D eigenvalue weighted by molar-refractivity contribution is 0.0469. The van der Waals surface area contributed by atoms with E-state index < -0.39 is 5.97 Å². The van der Waals surface area contributed by atoms with Gasteiger partial charge in [-0.05, 0) is 11.4 Å². The number of halogens is 1. The van der Waals surface area contributed by atoms with Gasteiger partial charge in [-0.25, -0.2) is 14.8 Å². The minimum absolute atomic E-state index is 0.122. The van der Waals surface area contributed by atoms with Gasteiger partial charge in [-0.1, -0.05) is 31.5 Å². The lowest BCUT2D eigenvalue weighted by Gasteiger charge is -2.07. The van der Waals surface area contributed by atoms with E-state index in [-0.39, 0.29) is 23.2 Å². The van der Waals surface area contributed by atoms with Crippen molar-refractivity contribution in [1.29, 1.82) is 0 Å². The number of hydrogen-bond donors (Lipinski definition) is 0. The van der Waals surface area contributed by atoms with Gasteiger partial charge in [0.2, 0.25) is 0 Å². The van der Waals surface area contributed by atoms with E-state index in [1.54, 1.807) is 0 Å². The van der Waals surface area contributed by atoms with Crippen LogP contribution in [0.1, 0.15) is 41.0 Å². The summed E-state index contributed by atoms with van der Waals surface area (Å²) >= 11 is 7.46. The van der Waals surface area contributed by atoms with Crippen LogP contribution in [0.4, 0.5) is 0 Å². The fourth-order valence-corrected chi connectivity index (χ4v) is 2.19. The van der Waals surface area contributed by atoms with E-state index in [4.69, 9.17) is 16.3 Å². The minimum Gasteiger partial charge on any atom is -0.455 e. The molecule has 0 N–H and O–H groups in total. The van der Waals surface area contributed by atoms with Crippen molar-refractivity contribution in [3.8, 4) is 0 Å². The second-order valence-electron chi connectivity index (χ2n) is 4.23. The fourth-order valence-electron chi connectivity index (χ4n) is 1.40. The van der Waals surface area contributed by atoms with E-state index >= 15 is 0 Å². The van der Waals surface area contributed by atoms with E-state index in [0.29, 0.717) is 5.82 Å². The molecule has 0 aliphatic rings. The molecular weight excluding hydrogens is 284 g/mol. The van der Waals surface area contributed by atoms with Gasteiger partial charge in [-0.2, -0.15) is 0 Å². The van der Waals surface area contributed by atoms with Crippen molar-refractivity contribution >= 4 is 28.9 Å². The molecule has 6 heteroatoms. The van der Waals surface area contributed by atoms with Gasteiger partial charge < -0.3 is 4.74 Å². The number of esters is 1. The Morgan fingerprint density at radius 2 is 2.32 bits per heavy atom. The molecule has 2 heterocycles. The van der Waals surface area contributed by atoms with Gasteiger partial charge in [0.1, 0.15) is 12.4 Å². The third kappa shape index (κ3) is 3.52. The maximum absolute atomic E-state index is 11.9. The Hall–Kier alpha value is -1.46. The van der Waals surface area contributed by atoms with Crippen LogP contribution in [-0.2, 0) is 11.3 Å². The number of carbonyl (C=O) groups excluding carboxylic acids is 1. The molecule has 0 bridgehead atoms. The summed E-state index contributed by atoms with van der Waals surface area (Å²) in [7, 11) is 0. The van der Waals surface area contributed by atoms with Crippen molar-refractivity contribution in [2.24, 2.45) is 0 Å². The van der Waals surface area contributed by atoms with Gasteiger partial charge in [0.25, 0.3) is 0 Å². The minimum atomic E-state index is -0.525. The number of rotatable bonds is 4. The molecule has 0 atom stereocenters. The topological polar surface area (TPSA) is 52.1 Å². The molecular formula is C13H13ClN2O2S. The molecule has 19 heavy (non-hydrogen) atoms. The predicted octanol–water partition coefficient (Wildman–Crippen LogP) is 3.67. The van der Waals surface area contributed by atoms with Crippen LogP contribution in [0.15, 0.2) is 23.7 Å². The normalized spacial score (nSPS) is 10.7. The molecule has 0 aliphatic carbocycles. The van der Waals surface area contributed by atoms with Crippen molar-refractivity contribution < 1.29 is 9.53 Å². The van der Waals surface area contributed by atoms with Crippen LogP contribution >= 0.6 is 22.9 Å². The van der Waals surface area contributed by atoms with Gasteiger partial charge in [-0.3, -0.25) is 0 Å². The summed E-state index contributed by atoms with van der Waals surface area (Å²) in [6.45, 7) is 4.13. The summed E-state index contributed by atoms with van der Waals surface area (Å²) in [6.07, 6.45) is 1.44. The second kappa shape index (κ2) is 6.12. The van der Waals surface area contributed by atoms with E-state index in [9.17, 15) is 4.79 Å².